The zero-order chi connectivity index (χ0) is 14.9. The molecule has 1 aromatic carbocycles. The van der Waals surface area contributed by atoms with Crippen LogP contribution in [-0.4, -0.2) is 38.9 Å². The second-order valence-corrected chi connectivity index (χ2v) is 7.47. The average molecular weight is 296 g/mol. The molecule has 0 amide bonds. The average Bonchev–Trinajstić information content (AvgIpc) is 2.65. The van der Waals surface area contributed by atoms with E-state index in [1.807, 2.05) is 27.7 Å². The van der Waals surface area contributed by atoms with E-state index in [0.717, 1.165) is 41.8 Å². The highest BCUT2D eigenvalue weighted by Gasteiger charge is 2.29. The topological polar surface area (TPSA) is 49.4 Å². The molecule has 2 rings (SSSR count). The lowest BCUT2D eigenvalue weighted by Crippen LogP contribution is -2.35. The van der Waals surface area contributed by atoms with Crippen molar-refractivity contribution in [3.05, 3.63) is 28.3 Å². The summed E-state index contributed by atoms with van der Waals surface area (Å²) in [6, 6.07) is 2.06. The number of rotatable bonds is 2. The molecule has 1 N–H and O–H groups in total. The Hall–Kier alpha value is -0.910. The van der Waals surface area contributed by atoms with Gasteiger partial charge < -0.3 is 5.32 Å². The molecule has 4 nitrogen and oxygen atoms in total. The molecule has 1 fully saturated rings. The van der Waals surface area contributed by atoms with E-state index in [0.29, 0.717) is 18.0 Å². The van der Waals surface area contributed by atoms with Crippen molar-refractivity contribution in [3.63, 3.8) is 0 Å². The van der Waals surface area contributed by atoms with E-state index in [1.165, 1.54) is 0 Å². The van der Waals surface area contributed by atoms with Gasteiger partial charge in [-0.15, -0.1) is 0 Å². The van der Waals surface area contributed by atoms with Gasteiger partial charge in [0.15, 0.2) is 0 Å². The molecule has 1 aliphatic heterocycles. The molecule has 1 aromatic rings. The van der Waals surface area contributed by atoms with E-state index in [4.69, 9.17) is 0 Å². The number of nitrogens with one attached hydrogen (secondary N) is 1. The Morgan fingerprint density at radius 2 is 1.60 bits per heavy atom. The van der Waals surface area contributed by atoms with Crippen molar-refractivity contribution in [1.29, 1.82) is 0 Å². The number of aryl methyl sites for hydroxylation is 2. The predicted molar refractivity (Wildman–Crippen MR) is 81.6 cm³/mol. The molecule has 20 heavy (non-hydrogen) atoms. The maximum Gasteiger partial charge on any atom is 0.243 e. The Kier molecular flexibility index (Phi) is 4.52. The summed E-state index contributed by atoms with van der Waals surface area (Å²) >= 11 is 0. The summed E-state index contributed by atoms with van der Waals surface area (Å²) in [6.45, 7) is 10.5. The van der Waals surface area contributed by atoms with Gasteiger partial charge in [0, 0.05) is 19.6 Å². The van der Waals surface area contributed by atoms with Gasteiger partial charge in [0.05, 0.1) is 4.90 Å². The number of nitrogens with zero attached hydrogens (tertiary/aromatic N) is 1. The molecule has 0 aliphatic carbocycles. The molecule has 1 aliphatic rings. The first-order chi connectivity index (χ1) is 9.35. The highest BCUT2D eigenvalue weighted by Crippen LogP contribution is 2.28. The van der Waals surface area contributed by atoms with Crippen LogP contribution in [0.1, 0.15) is 28.7 Å². The van der Waals surface area contributed by atoms with Gasteiger partial charge in [0.1, 0.15) is 0 Å². The molecule has 112 valence electrons. The quantitative estimate of drug-likeness (QED) is 0.907. The van der Waals surface area contributed by atoms with Crippen LogP contribution in [-0.2, 0) is 10.0 Å². The van der Waals surface area contributed by atoms with Gasteiger partial charge in [-0.05, 0) is 62.9 Å². The smallest absolute Gasteiger partial charge is 0.243 e. The first kappa shape index (κ1) is 15.5. The van der Waals surface area contributed by atoms with Gasteiger partial charge in [-0.3, -0.25) is 0 Å². The molecule has 0 unspecified atom stereocenters. The summed E-state index contributed by atoms with van der Waals surface area (Å²) in [4.78, 5) is 0.511. The summed E-state index contributed by atoms with van der Waals surface area (Å²) in [5.41, 5.74) is 3.84. The third-order valence-corrected chi connectivity index (χ3v) is 6.37. The molecule has 1 saturated heterocycles. The molecule has 1 heterocycles. The standard InChI is InChI=1S/C15H24N2O2S/c1-11-10-12(2)14(4)15(13(11)3)20(18,19)17-8-5-6-16-7-9-17/h10,16H,5-9H2,1-4H3. The Labute approximate surface area is 122 Å². The van der Waals surface area contributed by atoms with Crippen LogP contribution < -0.4 is 5.32 Å². The van der Waals surface area contributed by atoms with E-state index in [9.17, 15) is 8.42 Å². The minimum Gasteiger partial charge on any atom is -0.315 e. The number of hydrogen-bond acceptors (Lipinski definition) is 3. The molecule has 0 saturated carbocycles. The van der Waals surface area contributed by atoms with Crippen molar-refractivity contribution in [1.82, 2.24) is 9.62 Å². The Bertz CT molecular complexity index is 575. The number of sulfonamides is 1. The normalized spacial score (nSPS) is 18.0. The molecule has 5 heteroatoms. The Balaban J connectivity index is 2.54. The van der Waals surface area contributed by atoms with Crippen molar-refractivity contribution in [3.8, 4) is 0 Å². The van der Waals surface area contributed by atoms with E-state index >= 15 is 0 Å². The van der Waals surface area contributed by atoms with Crippen LogP contribution in [0.25, 0.3) is 0 Å². The number of benzene rings is 1. The molecule has 0 radical (unpaired) electrons. The SMILES string of the molecule is Cc1cc(C)c(C)c(S(=O)(=O)N2CCCNCC2)c1C. The maximum atomic E-state index is 13.0. The maximum absolute atomic E-state index is 13.0. The lowest BCUT2D eigenvalue weighted by Gasteiger charge is -2.23. The minimum atomic E-state index is -3.40. The lowest BCUT2D eigenvalue weighted by atomic mass is 10.0. The second kappa shape index (κ2) is 5.84. The van der Waals surface area contributed by atoms with Crippen LogP contribution in [0.3, 0.4) is 0 Å². The summed E-state index contributed by atoms with van der Waals surface area (Å²) in [7, 11) is -3.40. The fraction of sp³-hybridized carbons (Fsp3) is 0.600. The third-order valence-electron chi connectivity index (χ3n) is 4.19. The highest BCUT2D eigenvalue weighted by atomic mass is 32.2. The van der Waals surface area contributed by atoms with Crippen molar-refractivity contribution < 1.29 is 8.42 Å². The van der Waals surface area contributed by atoms with E-state index < -0.39 is 10.0 Å². The number of hydrogen-bond donors (Lipinski definition) is 1. The van der Waals surface area contributed by atoms with Gasteiger partial charge in [-0.25, -0.2) is 8.42 Å². The molecule has 0 atom stereocenters. The molecule has 0 bridgehead atoms. The molecular formula is C15H24N2O2S. The van der Waals surface area contributed by atoms with Crippen LogP contribution in [0.5, 0.6) is 0 Å². The fourth-order valence-corrected chi connectivity index (χ4v) is 4.81. The summed E-state index contributed by atoms with van der Waals surface area (Å²) in [5.74, 6) is 0. The van der Waals surface area contributed by atoms with Crippen molar-refractivity contribution in [2.45, 2.75) is 39.0 Å². The molecular weight excluding hydrogens is 272 g/mol. The van der Waals surface area contributed by atoms with Crippen molar-refractivity contribution >= 4 is 10.0 Å². The second-order valence-electron chi connectivity index (χ2n) is 5.60. The monoisotopic (exact) mass is 296 g/mol. The lowest BCUT2D eigenvalue weighted by molar-refractivity contribution is 0.431. The van der Waals surface area contributed by atoms with Crippen LogP contribution in [0.4, 0.5) is 0 Å². The van der Waals surface area contributed by atoms with Gasteiger partial charge >= 0.3 is 0 Å². The van der Waals surface area contributed by atoms with Crippen LogP contribution in [0.2, 0.25) is 0 Å². The van der Waals surface area contributed by atoms with E-state index in [-0.39, 0.29) is 0 Å². The largest absolute Gasteiger partial charge is 0.315 e. The predicted octanol–water partition coefficient (Wildman–Crippen LogP) is 1.90. The van der Waals surface area contributed by atoms with Crippen LogP contribution in [0.15, 0.2) is 11.0 Å². The molecule has 0 spiro atoms. The third kappa shape index (κ3) is 2.75. The minimum absolute atomic E-state index is 0.511. The van der Waals surface area contributed by atoms with Gasteiger partial charge in [-0.2, -0.15) is 4.31 Å². The van der Waals surface area contributed by atoms with Crippen LogP contribution in [0, 0.1) is 27.7 Å². The van der Waals surface area contributed by atoms with E-state index in [2.05, 4.69) is 11.4 Å². The fourth-order valence-electron chi connectivity index (χ4n) is 2.76. The Morgan fingerprint density at radius 1 is 1.00 bits per heavy atom. The van der Waals surface area contributed by atoms with Crippen LogP contribution >= 0.6 is 0 Å². The zero-order valence-corrected chi connectivity index (χ0v) is 13.6. The summed E-state index contributed by atoms with van der Waals surface area (Å²) in [6.07, 6.45) is 0.863. The Morgan fingerprint density at radius 3 is 2.20 bits per heavy atom. The highest BCUT2D eigenvalue weighted by molar-refractivity contribution is 7.89. The first-order valence-corrected chi connectivity index (χ1v) is 8.58. The van der Waals surface area contributed by atoms with E-state index in [1.54, 1.807) is 4.31 Å². The molecule has 0 aromatic heterocycles. The zero-order valence-electron chi connectivity index (χ0n) is 12.8. The summed E-state index contributed by atoms with van der Waals surface area (Å²) < 4.78 is 27.6. The van der Waals surface area contributed by atoms with Gasteiger partial charge in [0.25, 0.3) is 0 Å². The van der Waals surface area contributed by atoms with Gasteiger partial charge in [-0.1, -0.05) is 6.07 Å². The van der Waals surface area contributed by atoms with Gasteiger partial charge in [0.2, 0.25) is 10.0 Å². The van der Waals surface area contributed by atoms with Crippen molar-refractivity contribution in [2.24, 2.45) is 0 Å². The van der Waals surface area contributed by atoms with Crippen molar-refractivity contribution in [2.75, 3.05) is 26.2 Å². The summed E-state index contributed by atoms with van der Waals surface area (Å²) in [5, 5.41) is 3.25. The first-order valence-electron chi connectivity index (χ1n) is 7.14.